The van der Waals surface area contributed by atoms with Crippen molar-refractivity contribution in [2.45, 2.75) is 13.0 Å². The molecule has 0 unspecified atom stereocenters. The van der Waals surface area contributed by atoms with Crippen LogP contribution >= 0.6 is 22.9 Å². The third-order valence-electron chi connectivity index (χ3n) is 7.11. The summed E-state index contributed by atoms with van der Waals surface area (Å²) < 4.78 is 13.2. The molecule has 0 saturated carbocycles. The lowest BCUT2D eigenvalue weighted by atomic mass is 9.95. The first-order valence-electron chi connectivity index (χ1n) is 13.4. The molecule has 1 aliphatic rings. The average molecular weight is 626 g/mol. The lowest BCUT2D eigenvalue weighted by molar-refractivity contribution is -0.113. The van der Waals surface area contributed by atoms with Gasteiger partial charge < -0.3 is 19.6 Å². The number of rotatable bonds is 7. The molecule has 2 aromatic heterocycles. The summed E-state index contributed by atoms with van der Waals surface area (Å²) in [4.78, 5) is 44.3. The highest BCUT2D eigenvalue weighted by Gasteiger charge is 2.32. The van der Waals surface area contributed by atoms with Gasteiger partial charge in [-0.1, -0.05) is 53.3 Å². The summed E-state index contributed by atoms with van der Waals surface area (Å²) in [5.41, 5.74) is 2.30. The Morgan fingerprint density at radius 2 is 1.82 bits per heavy atom. The number of halogens is 1. The van der Waals surface area contributed by atoms with Crippen molar-refractivity contribution in [3.05, 3.63) is 138 Å². The van der Waals surface area contributed by atoms with Gasteiger partial charge in [0.15, 0.2) is 4.80 Å². The van der Waals surface area contributed by atoms with Gasteiger partial charge in [0, 0.05) is 17.3 Å². The first-order valence-corrected chi connectivity index (χ1v) is 14.6. The van der Waals surface area contributed by atoms with Gasteiger partial charge >= 0.3 is 5.97 Å². The van der Waals surface area contributed by atoms with Crippen LogP contribution in [0, 0.1) is 0 Å². The summed E-state index contributed by atoms with van der Waals surface area (Å²) in [5.74, 6) is -0.0806. The molecule has 0 saturated heterocycles. The van der Waals surface area contributed by atoms with Gasteiger partial charge in [-0.15, -0.1) is 0 Å². The number of fused-ring (bicyclic) bond motifs is 1. The number of para-hydroxylation sites is 1. The molecule has 0 bridgehead atoms. The van der Waals surface area contributed by atoms with Crippen molar-refractivity contribution in [2.24, 2.45) is 4.99 Å². The van der Waals surface area contributed by atoms with Crippen molar-refractivity contribution < 1.29 is 23.8 Å². The highest BCUT2D eigenvalue weighted by atomic mass is 35.5. The number of amides is 1. The molecular weight excluding hydrogens is 602 g/mol. The highest BCUT2D eigenvalue weighted by Crippen LogP contribution is 2.32. The van der Waals surface area contributed by atoms with Crippen LogP contribution in [-0.4, -0.2) is 28.7 Å². The van der Waals surface area contributed by atoms with Crippen LogP contribution in [0.3, 0.4) is 0 Å². The lowest BCUT2D eigenvalue weighted by Gasteiger charge is -2.25. The van der Waals surface area contributed by atoms with Crippen LogP contribution in [0.15, 0.2) is 110 Å². The first-order chi connectivity index (χ1) is 21.2. The number of furan rings is 1. The van der Waals surface area contributed by atoms with Crippen LogP contribution in [0.2, 0.25) is 5.02 Å². The Hall–Kier alpha value is -5.19. The fraction of sp³-hybridized carbons (Fsp3) is 0.0909. The molecule has 6 rings (SSSR count). The summed E-state index contributed by atoms with van der Waals surface area (Å²) in [6.45, 7) is 1.75. The molecule has 11 heteroatoms. The van der Waals surface area contributed by atoms with Gasteiger partial charge in [-0.3, -0.25) is 14.2 Å². The number of carboxylic acid groups (broad SMARTS) is 1. The molecule has 0 spiro atoms. The Kier molecular flexibility index (Phi) is 7.77. The number of carbonyl (C=O) groups is 2. The van der Waals surface area contributed by atoms with E-state index in [1.807, 2.05) is 30.3 Å². The molecule has 1 aliphatic heterocycles. The Morgan fingerprint density at radius 1 is 1.07 bits per heavy atom. The van der Waals surface area contributed by atoms with E-state index in [0.29, 0.717) is 54.7 Å². The van der Waals surface area contributed by atoms with Gasteiger partial charge in [-0.05, 0) is 67.1 Å². The Balaban J connectivity index is 1.43. The van der Waals surface area contributed by atoms with Gasteiger partial charge in [0.2, 0.25) is 0 Å². The van der Waals surface area contributed by atoms with E-state index < -0.39 is 12.0 Å². The van der Waals surface area contributed by atoms with E-state index in [1.165, 1.54) is 28.0 Å². The van der Waals surface area contributed by atoms with Gasteiger partial charge in [0.05, 0.1) is 39.5 Å². The topological polar surface area (TPSA) is 123 Å². The van der Waals surface area contributed by atoms with E-state index in [4.69, 9.17) is 20.8 Å². The van der Waals surface area contributed by atoms with Crippen molar-refractivity contribution in [2.75, 3.05) is 12.4 Å². The predicted octanol–water partition coefficient (Wildman–Crippen LogP) is 5.49. The number of benzene rings is 3. The molecule has 5 aromatic rings. The summed E-state index contributed by atoms with van der Waals surface area (Å²) in [5, 5.41) is 12.5. The molecule has 220 valence electrons. The minimum atomic E-state index is -1.15. The maximum Gasteiger partial charge on any atom is 0.337 e. The van der Waals surface area contributed by atoms with Gasteiger partial charge in [0.25, 0.3) is 11.5 Å². The predicted molar refractivity (Wildman–Crippen MR) is 168 cm³/mol. The maximum absolute atomic E-state index is 14.0. The number of hydrogen-bond donors (Lipinski definition) is 2. The molecule has 9 nitrogen and oxygen atoms in total. The minimum absolute atomic E-state index is 0.0450. The number of aromatic nitrogens is 1. The minimum Gasteiger partial charge on any atom is -0.497 e. The SMILES string of the molecule is COc1ccc([C@@H]2C(C(=O)Nc3ccccc3)=C(C)N=c3s/c(=C/c4ccc(-c5ccc(Cl)c(C(=O)O)c5)o4)c(=O)n32)cc1. The molecule has 44 heavy (non-hydrogen) atoms. The molecule has 3 aromatic carbocycles. The fourth-order valence-electron chi connectivity index (χ4n) is 4.99. The number of aromatic carboxylic acids is 1. The molecule has 1 amide bonds. The van der Waals surface area contributed by atoms with E-state index in [-0.39, 0.29) is 22.1 Å². The molecule has 0 radical (unpaired) electrons. The summed E-state index contributed by atoms with van der Waals surface area (Å²) >= 11 is 7.19. The van der Waals surface area contributed by atoms with Gasteiger partial charge in [-0.25, -0.2) is 9.79 Å². The van der Waals surface area contributed by atoms with Crippen LogP contribution in [0.4, 0.5) is 5.69 Å². The maximum atomic E-state index is 14.0. The van der Waals surface area contributed by atoms with Crippen molar-refractivity contribution in [1.29, 1.82) is 0 Å². The van der Waals surface area contributed by atoms with E-state index in [9.17, 15) is 19.5 Å². The summed E-state index contributed by atoms with van der Waals surface area (Å²) in [7, 11) is 1.57. The summed E-state index contributed by atoms with van der Waals surface area (Å²) in [6.07, 6.45) is 1.61. The molecule has 1 atom stereocenters. The highest BCUT2D eigenvalue weighted by molar-refractivity contribution is 7.07. The fourth-order valence-corrected chi connectivity index (χ4v) is 6.22. The van der Waals surface area contributed by atoms with Crippen molar-refractivity contribution in [3.63, 3.8) is 0 Å². The van der Waals surface area contributed by atoms with Crippen LogP contribution in [0.5, 0.6) is 5.75 Å². The molecule has 0 aliphatic carbocycles. The Morgan fingerprint density at radius 3 is 2.52 bits per heavy atom. The molecular formula is C33H24ClN3O6S. The number of nitrogens with one attached hydrogen (secondary N) is 1. The van der Waals surface area contributed by atoms with Gasteiger partial charge in [0.1, 0.15) is 17.3 Å². The van der Waals surface area contributed by atoms with Crippen molar-refractivity contribution in [1.82, 2.24) is 4.57 Å². The number of ether oxygens (including phenoxy) is 1. The van der Waals surface area contributed by atoms with E-state index in [2.05, 4.69) is 10.3 Å². The zero-order valence-electron chi connectivity index (χ0n) is 23.4. The molecule has 3 heterocycles. The summed E-state index contributed by atoms with van der Waals surface area (Å²) in [6, 6.07) is 23.5. The molecule has 0 fully saturated rings. The second kappa shape index (κ2) is 11.8. The quantitative estimate of drug-likeness (QED) is 0.246. The number of anilines is 1. The van der Waals surface area contributed by atoms with E-state index >= 15 is 0 Å². The zero-order valence-corrected chi connectivity index (χ0v) is 25.0. The number of carbonyl (C=O) groups excluding carboxylic acids is 1. The Labute approximate surface area is 259 Å². The first kappa shape index (κ1) is 28.9. The average Bonchev–Trinajstić information content (AvgIpc) is 3.61. The van der Waals surface area contributed by atoms with Crippen LogP contribution in [-0.2, 0) is 4.79 Å². The standard InChI is InChI=1S/C33H24ClN3O6S/c1-18-28(30(38)36-21-6-4-3-5-7-21)29(19-8-11-22(42-2)12-9-19)37-31(39)27(44-33(37)35-18)17-23-13-15-26(43-23)20-10-14-25(34)24(16-20)32(40)41/h3-17,29H,1-2H3,(H,36,38)(H,40,41)/b27-17+/t29-/m1/s1. The number of allylic oxidation sites excluding steroid dienone is 1. The van der Waals surface area contributed by atoms with Crippen LogP contribution < -0.4 is 24.9 Å². The number of nitrogens with zero attached hydrogens (tertiary/aromatic N) is 2. The third kappa shape index (κ3) is 5.48. The number of carboxylic acids is 1. The van der Waals surface area contributed by atoms with Gasteiger partial charge in [-0.2, -0.15) is 0 Å². The smallest absolute Gasteiger partial charge is 0.337 e. The van der Waals surface area contributed by atoms with E-state index in [0.717, 1.165) is 0 Å². The van der Waals surface area contributed by atoms with Crippen molar-refractivity contribution >= 4 is 46.6 Å². The third-order valence-corrected chi connectivity index (χ3v) is 8.42. The number of methoxy groups -OCH3 is 1. The number of thiazole rings is 1. The van der Waals surface area contributed by atoms with Crippen molar-refractivity contribution in [3.8, 4) is 17.1 Å². The second-order valence-electron chi connectivity index (χ2n) is 9.88. The zero-order chi connectivity index (χ0) is 31.0. The largest absolute Gasteiger partial charge is 0.497 e. The van der Waals surface area contributed by atoms with Crippen LogP contribution in [0.1, 0.15) is 34.6 Å². The lowest BCUT2D eigenvalue weighted by Crippen LogP contribution is -2.40. The van der Waals surface area contributed by atoms with Crippen LogP contribution in [0.25, 0.3) is 17.4 Å². The second-order valence-corrected chi connectivity index (χ2v) is 11.3. The normalized spacial score (nSPS) is 14.6. The number of hydrogen-bond acceptors (Lipinski definition) is 7. The monoisotopic (exact) mass is 625 g/mol. The van der Waals surface area contributed by atoms with E-state index in [1.54, 1.807) is 62.6 Å². The molecule has 2 N–H and O–H groups in total. The Bertz CT molecular complexity index is 2130.